The number of H-pyrrole nitrogens is 1. The van der Waals surface area contributed by atoms with Crippen LogP contribution in [0.3, 0.4) is 0 Å². The van der Waals surface area contributed by atoms with E-state index in [2.05, 4.69) is 21.0 Å². The number of methoxy groups -OCH3 is 2. The molecule has 1 aliphatic rings. The Bertz CT molecular complexity index is 2300. The molecule has 4 atom stereocenters. The van der Waals surface area contributed by atoms with Gasteiger partial charge in [-0.1, -0.05) is 72.8 Å². The minimum atomic E-state index is -1.77. The number of carbonyl (C=O) groups is 1. The molecule has 1 aliphatic heterocycles. The van der Waals surface area contributed by atoms with Gasteiger partial charge in [0.05, 0.1) is 46.0 Å². The third kappa shape index (κ3) is 10.5. The number of ether oxygens (including phenoxy) is 4. The van der Waals surface area contributed by atoms with Gasteiger partial charge in [0.25, 0.3) is 20.0 Å². The Hall–Kier alpha value is -5.65. The summed E-state index contributed by atoms with van der Waals surface area (Å²) < 4.78 is 41.6. The number of anilines is 1. The molecule has 1 saturated heterocycles. The molecular formula is C46H52N5O9P. The Kier molecular flexibility index (Phi) is 15.3. The lowest BCUT2D eigenvalue weighted by Gasteiger charge is -2.39. The number of carbonyl (C=O) groups excluding carboxylic acids is 1. The van der Waals surface area contributed by atoms with E-state index in [1.165, 1.54) is 10.8 Å². The molecule has 1 fully saturated rings. The number of benzene rings is 4. The van der Waals surface area contributed by atoms with Crippen molar-refractivity contribution in [2.45, 2.75) is 76.7 Å². The van der Waals surface area contributed by atoms with Crippen LogP contribution in [0, 0.1) is 11.3 Å². The zero-order valence-corrected chi connectivity index (χ0v) is 36.0. The van der Waals surface area contributed by atoms with Crippen LogP contribution >= 0.6 is 8.53 Å². The van der Waals surface area contributed by atoms with Gasteiger partial charge in [-0.3, -0.25) is 19.1 Å². The zero-order valence-electron chi connectivity index (χ0n) is 35.1. The van der Waals surface area contributed by atoms with Crippen LogP contribution < -0.4 is 26.0 Å². The maximum atomic E-state index is 13.6. The fraction of sp³-hybridized carbons (Fsp3) is 0.348. The molecule has 2 heterocycles. The van der Waals surface area contributed by atoms with Gasteiger partial charge in [-0.05, 0) is 80.8 Å². The molecule has 4 aromatic carbocycles. The average molecular weight is 850 g/mol. The van der Waals surface area contributed by atoms with Crippen LogP contribution in [-0.2, 0) is 24.1 Å². The van der Waals surface area contributed by atoms with E-state index in [0.29, 0.717) is 17.2 Å². The first-order chi connectivity index (χ1) is 29.5. The van der Waals surface area contributed by atoms with Crippen LogP contribution in [0.25, 0.3) is 0 Å². The van der Waals surface area contributed by atoms with Crippen LogP contribution in [-0.4, -0.2) is 71.9 Å². The molecule has 15 heteroatoms. The van der Waals surface area contributed by atoms with E-state index in [0.717, 1.165) is 16.7 Å². The summed E-state index contributed by atoms with van der Waals surface area (Å²) in [4.78, 5) is 42.4. The van der Waals surface area contributed by atoms with Crippen LogP contribution in [0.1, 0.15) is 73.8 Å². The quantitative estimate of drug-likeness (QED) is 0.0474. The maximum Gasteiger partial charge on any atom is 0.330 e. The van der Waals surface area contributed by atoms with Crippen molar-refractivity contribution in [2.75, 3.05) is 32.8 Å². The summed E-state index contributed by atoms with van der Waals surface area (Å²) in [6.45, 7) is 8.25. The highest BCUT2D eigenvalue weighted by molar-refractivity contribution is 7.44. The Balaban J connectivity index is 1.43. The SMILES string of the molecule is COc1ccc(C(OC[C@H]2O[C@@H](n3cc(C(=O)Nc4ccccc4)c(=O)[nH]c3=O)C[C@@H]2OP(OCCC#N)N(C(C)C)C(C)C)(c2ccccc2)c2ccc(OC)cc2)cc1. The number of aromatic amines is 1. The van der Waals surface area contributed by atoms with Gasteiger partial charge < -0.3 is 33.3 Å². The number of para-hydroxylation sites is 1. The lowest BCUT2D eigenvalue weighted by atomic mass is 9.80. The normalized spacial score (nSPS) is 17.0. The van der Waals surface area contributed by atoms with Crippen molar-refractivity contribution < 1.29 is 32.8 Å². The standard InChI is InChI=1S/C46H52N5O9P/c1-31(2)51(32(3)4)61(58-27-13-26-47)60-40-28-42(50-29-39(44(53)49-45(50)54)43(52)48-36-16-11-8-12-17-36)59-41(40)30-57-46(33-14-9-7-10-15-33,34-18-22-37(55-5)23-19-34)35-20-24-38(56-6)25-21-35/h7-12,14-25,29,31-32,40-42H,13,27-28,30H2,1-6H3,(H,48,52)(H,49,53,54)/t40-,41+,42+,61?/m0/s1. The van der Waals surface area contributed by atoms with Crippen LogP contribution in [0.15, 0.2) is 125 Å². The van der Waals surface area contributed by atoms with Crippen LogP contribution in [0.4, 0.5) is 5.69 Å². The maximum absolute atomic E-state index is 13.6. The monoisotopic (exact) mass is 849 g/mol. The molecule has 1 unspecified atom stereocenters. The summed E-state index contributed by atoms with van der Waals surface area (Å²) in [7, 11) is 1.45. The van der Waals surface area contributed by atoms with Gasteiger partial charge in [0.2, 0.25) is 0 Å². The smallest absolute Gasteiger partial charge is 0.330 e. The van der Waals surface area contributed by atoms with E-state index < -0.39 is 49.7 Å². The number of aromatic nitrogens is 2. The van der Waals surface area contributed by atoms with E-state index in [1.807, 2.05) is 107 Å². The van der Waals surface area contributed by atoms with Gasteiger partial charge >= 0.3 is 5.69 Å². The van der Waals surface area contributed by atoms with Crippen molar-refractivity contribution >= 4 is 20.1 Å². The Morgan fingerprint density at radius 1 is 0.885 bits per heavy atom. The third-order valence-corrected chi connectivity index (χ3v) is 12.4. The van der Waals surface area contributed by atoms with Gasteiger partial charge in [-0.15, -0.1) is 0 Å². The van der Waals surface area contributed by atoms with Crippen molar-refractivity contribution in [3.05, 3.63) is 158 Å². The fourth-order valence-corrected chi connectivity index (χ4v) is 9.16. The second-order valence-corrected chi connectivity index (χ2v) is 16.3. The van der Waals surface area contributed by atoms with Crippen molar-refractivity contribution in [3.8, 4) is 17.6 Å². The molecule has 0 bridgehead atoms. The molecule has 6 rings (SSSR count). The van der Waals surface area contributed by atoms with Gasteiger partial charge in [0.15, 0.2) is 0 Å². The van der Waals surface area contributed by atoms with E-state index in [1.54, 1.807) is 44.6 Å². The highest BCUT2D eigenvalue weighted by Crippen LogP contribution is 2.50. The minimum absolute atomic E-state index is 0.00407. The first-order valence-electron chi connectivity index (χ1n) is 20.1. The highest BCUT2D eigenvalue weighted by atomic mass is 31.2. The average Bonchev–Trinajstić information content (AvgIpc) is 3.66. The first-order valence-corrected chi connectivity index (χ1v) is 21.2. The number of amides is 1. The molecule has 0 aliphatic carbocycles. The van der Waals surface area contributed by atoms with Gasteiger partial charge in [-0.2, -0.15) is 5.26 Å². The van der Waals surface area contributed by atoms with Crippen molar-refractivity contribution in [1.82, 2.24) is 14.2 Å². The van der Waals surface area contributed by atoms with E-state index in [4.69, 9.17) is 28.0 Å². The van der Waals surface area contributed by atoms with Crippen molar-refractivity contribution in [2.24, 2.45) is 0 Å². The van der Waals surface area contributed by atoms with Crippen LogP contribution in [0.5, 0.6) is 11.5 Å². The molecular weight excluding hydrogens is 798 g/mol. The van der Waals surface area contributed by atoms with Crippen molar-refractivity contribution in [3.63, 3.8) is 0 Å². The lowest BCUT2D eigenvalue weighted by Crippen LogP contribution is -2.39. The number of rotatable bonds is 19. The number of hydrogen-bond acceptors (Lipinski definition) is 11. The molecule has 320 valence electrons. The minimum Gasteiger partial charge on any atom is -0.497 e. The Morgan fingerprint density at radius 2 is 1.44 bits per heavy atom. The van der Waals surface area contributed by atoms with Crippen molar-refractivity contribution in [1.29, 1.82) is 5.26 Å². The van der Waals surface area contributed by atoms with Gasteiger partial charge in [-0.25, -0.2) is 9.46 Å². The topological polar surface area (TPSA) is 166 Å². The predicted molar refractivity (Wildman–Crippen MR) is 233 cm³/mol. The summed E-state index contributed by atoms with van der Waals surface area (Å²) in [6, 6.07) is 36.0. The molecule has 1 aromatic heterocycles. The second kappa shape index (κ2) is 20.7. The molecule has 61 heavy (non-hydrogen) atoms. The summed E-state index contributed by atoms with van der Waals surface area (Å²) in [5, 5.41) is 12.1. The van der Waals surface area contributed by atoms with Gasteiger partial charge in [0, 0.05) is 30.4 Å². The molecule has 14 nitrogen and oxygen atoms in total. The molecule has 0 spiro atoms. The van der Waals surface area contributed by atoms with E-state index in [9.17, 15) is 19.6 Å². The number of hydrogen-bond donors (Lipinski definition) is 2. The number of nitrogens with one attached hydrogen (secondary N) is 2. The van der Waals surface area contributed by atoms with E-state index >= 15 is 0 Å². The Labute approximate surface area is 356 Å². The predicted octanol–water partition coefficient (Wildman–Crippen LogP) is 7.76. The highest BCUT2D eigenvalue weighted by Gasteiger charge is 2.45. The Morgan fingerprint density at radius 3 is 1.98 bits per heavy atom. The van der Waals surface area contributed by atoms with Gasteiger partial charge in [0.1, 0.15) is 35.0 Å². The molecule has 1 amide bonds. The molecule has 2 N–H and O–H groups in total. The summed E-state index contributed by atoms with van der Waals surface area (Å²) in [5.74, 6) is 0.643. The van der Waals surface area contributed by atoms with E-state index in [-0.39, 0.29) is 43.7 Å². The zero-order chi connectivity index (χ0) is 43.5. The molecule has 5 aromatic rings. The number of nitrogens with zero attached hydrogens (tertiary/aromatic N) is 3. The lowest BCUT2D eigenvalue weighted by molar-refractivity contribution is -0.0926. The first kappa shape index (κ1) is 44.9. The summed E-state index contributed by atoms with van der Waals surface area (Å²) in [6.07, 6.45) is -1.06. The van der Waals surface area contributed by atoms with Crippen LogP contribution in [0.2, 0.25) is 0 Å². The largest absolute Gasteiger partial charge is 0.497 e. The summed E-state index contributed by atoms with van der Waals surface area (Å²) in [5.41, 5.74) is -0.181. The second-order valence-electron chi connectivity index (χ2n) is 14.9. The molecule has 0 radical (unpaired) electrons. The third-order valence-electron chi connectivity index (χ3n) is 10.3. The fourth-order valence-electron chi connectivity index (χ4n) is 7.40. The number of nitriles is 1. The summed E-state index contributed by atoms with van der Waals surface area (Å²) >= 11 is 0. The molecule has 0 saturated carbocycles.